The number of methoxy groups -OCH3 is 1. The van der Waals surface area contributed by atoms with Crippen LogP contribution in [-0.4, -0.2) is 70.9 Å². The summed E-state index contributed by atoms with van der Waals surface area (Å²) in [5.41, 5.74) is 6.50. The number of carbonyl (C=O) groups is 2. The van der Waals surface area contributed by atoms with Gasteiger partial charge in [0.1, 0.15) is 29.9 Å². The van der Waals surface area contributed by atoms with E-state index in [4.69, 9.17) is 20.3 Å². The highest BCUT2D eigenvalue weighted by Crippen LogP contribution is 2.39. The lowest BCUT2D eigenvalue weighted by Crippen LogP contribution is -2.45. The second kappa shape index (κ2) is 13.0. The summed E-state index contributed by atoms with van der Waals surface area (Å²) in [5.74, 6) is 0.554. The molecular weight excluding hydrogens is 530 g/mol. The molecule has 2 aromatic heterocycles. The quantitative estimate of drug-likeness (QED) is 0.215. The molecule has 1 amide bonds. The predicted molar refractivity (Wildman–Crippen MR) is 158 cm³/mol. The van der Waals surface area contributed by atoms with Crippen LogP contribution in [0.15, 0.2) is 61.2 Å². The number of H-pyrrole nitrogens is 1. The van der Waals surface area contributed by atoms with E-state index >= 15 is 0 Å². The molecule has 0 spiro atoms. The molecular formula is C30H35N3O6S. The summed E-state index contributed by atoms with van der Waals surface area (Å²) in [5, 5.41) is 20.4. The van der Waals surface area contributed by atoms with Gasteiger partial charge in [-0.1, -0.05) is 12.6 Å². The van der Waals surface area contributed by atoms with Crippen molar-refractivity contribution in [1.29, 1.82) is 0 Å². The first kappa shape index (κ1) is 29.1. The Labute approximate surface area is 236 Å². The number of aromatic nitrogens is 1. The van der Waals surface area contributed by atoms with Crippen molar-refractivity contribution in [3.8, 4) is 11.5 Å². The number of amides is 1. The van der Waals surface area contributed by atoms with Crippen LogP contribution in [0.1, 0.15) is 41.0 Å². The number of thiophene rings is 1. The number of primary amides is 1. The van der Waals surface area contributed by atoms with Crippen molar-refractivity contribution in [3.05, 3.63) is 71.8 Å². The standard InChI is InChI=1S/C27H31N3O4S.C3H4O2/c1-16-10-18(25-11-17-6-7-20(33-2)12-26(17)35-25)8-9-30(16)14-19(31)15-34-24-5-3-4-22-21(24)13-23(29-22)27(28)32;1-2-3(4)5/h3-7,11-13,16,18-19,29,31H,8-10,14-15H2,1-2H3,(H2,28,32);2H,1H2,(H,4,5). The van der Waals surface area contributed by atoms with E-state index in [9.17, 15) is 14.7 Å². The summed E-state index contributed by atoms with van der Waals surface area (Å²) in [6.45, 7) is 6.88. The number of β-amino-alcohol motifs (C(OH)–C–C–N with tert-alkyl or cyclic N) is 1. The van der Waals surface area contributed by atoms with Gasteiger partial charge in [-0.25, -0.2) is 4.79 Å². The fourth-order valence-electron chi connectivity index (χ4n) is 5.01. The maximum atomic E-state index is 11.5. The van der Waals surface area contributed by atoms with E-state index in [0.717, 1.165) is 42.1 Å². The molecule has 3 heterocycles. The van der Waals surface area contributed by atoms with Crippen molar-refractivity contribution < 1.29 is 29.3 Å². The molecule has 1 aliphatic rings. The van der Waals surface area contributed by atoms with Crippen molar-refractivity contribution >= 4 is 44.2 Å². The third kappa shape index (κ3) is 7.01. The van der Waals surface area contributed by atoms with Crippen LogP contribution < -0.4 is 15.2 Å². The Morgan fingerprint density at radius 1 is 1.27 bits per heavy atom. The molecule has 9 nitrogen and oxygen atoms in total. The van der Waals surface area contributed by atoms with Crippen LogP contribution in [0.2, 0.25) is 0 Å². The highest BCUT2D eigenvalue weighted by Gasteiger charge is 2.29. The number of fused-ring (bicyclic) bond motifs is 2. The number of hydrogen-bond donors (Lipinski definition) is 4. The van der Waals surface area contributed by atoms with Gasteiger partial charge in [-0.15, -0.1) is 11.3 Å². The molecule has 1 fully saturated rings. The molecule has 40 heavy (non-hydrogen) atoms. The average molecular weight is 566 g/mol. The molecule has 1 saturated heterocycles. The van der Waals surface area contributed by atoms with Crippen molar-refractivity contribution in [3.63, 3.8) is 0 Å². The lowest BCUT2D eigenvalue weighted by atomic mass is 9.90. The molecule has 3 unspecified atom stereocenters. The van der Waals surface area contributed by atoms with Crippen LogP contribution in [0.4, 0.5) is 0 Å². The molecule has 0 bridgehead atoms. The zero-order valence-electron chi connectivity index (χ0n) is 22.6. The predicted octanol–water partition coefficient (Wildman–Crippen LogP) is 4.75. The molecule has 0 aliphatic carbocycles. The highest BCUT2D eigenvalue weighted by atomic mass is 32.1. The number of piperidine rings is 1. The minimum absolute atomic E-state index is 0.182. The van der Waals surface area contributed by atoms with E-state index in [2.05, 4.69) is 41.6 Å². The Hall–Kier alpha value is -3.86. The van der Waals surface area contributed by atoms with Crippen molar-refractivity contribution in [2.45, 2.75) is 37.8 Å². The Morgan fingerprint density at radius 2 is 2.05 bits per heavy atom. The fraction of sp³-hybridized carbons (Fsp3) is 0.333. The van der Waals surface area contributed by atoms with Crippen LogP contribution >= 0.6 is 11.3 Å². The maximum Gasteiger partial charge on any atom is 0.327 e. The number of likely N-dealkylation sites (tertiary alicyclic amines) is 1. The smallest absolute Gasteiger partial charge is 0.327 e. The minimum Gasteiger partial charge on any atom is -0.497 e. The van der Waals surface area contributed by atoms with E-state index in [-0.39, 0.29) is 6.61 Å². The van der Waals surface area contributed by atoms with Crippen LogP contribution in [-0.2, 0) is 4.79 Å². The summed E-state index contributed by atoms with van der Waals surface area (Å²) in [7, 11) is 1.70. The average Bonchev–Trinajstić information content (AvgIpc) is 3.58. The number of nitrogens with zero attached hydrogens (tertiary/aromatic N) is 1. The van der Waals surface area contributed by atoms with Gasteiger partial charge in [0.15, 0.2) is 0 Å². The molecule has 3 atom stereocenters. The maximum absolute atomic E-state index is 11.5. The van der Waals surface area contributed by atoms with Gasteiger partial charge in [0.05, 0.1) is 7.11 Å². The number of carboxylic acid groups (broad SMARTS) is 1. The largest absolute Gasteiger partial charge is 0.497 e. The second-order valence-electron chi connectivity index (χ2n) is 9.89. The Bertz CT molecular complexity index is 1500. The summed E-state index contributed by atoms with van der Waals surface area (Å²) in [6, 6.07) is 16.2. The normalized spacial score (nSPS) is 18.1. The lowest BCUT2D eigenvalue weighted by molar-refractivity contribution is -0.131. The van der Waals surface area contributed by atoms with Gasteiger partial charge >= 0.3 is 5.97 Å². The molecule has 4 aromatic rings. The number of carbonyl (C=O) groups excluding carboxylic acids is 1. The molecule has 1 aliphatic heterocycles. The number of nitrogens with two attached hydrogens (primary N) is 1. The van der Waals surface area contributed by atoms with E-state index in [1.807, 2.05) is 35.6 Å². The van der Waals surface area contributed by atoms with Crippen LogP contribution in [0.25, 0.3) is 21.0 Å². The summed E-state index contributed by atoms with van der Waals surface area (Å²) in [4.78, 5) is 27.5. The van der Waals surface area contributed by atoms with Gasteiger partial charge in [0.2, 0.25) is 0 Å². The Balaban J connectivity index is 0.000000681. The van der Waals surface area contributed by atoms with Gasteiger partial charge in [-0.3, -0.25) is 9.69 Å². The molecule has 2 aromatic carbocycles. The summed E-state index contributed by atoms with van der Waals surface area (Å²) in [6.07, 6.45) is 2.35. The first-order valence-electron chi connectivity index (χ1n) is 13.1. The number of aromatic amines is 1. The number of hydrogen-bond acceptors (Lipinski definition) is 7. The Kier molecular flexibility index (Phi) is 9.46. The number of carboxylic acids is 1. The third-order valence-corrected chi connectivity index (χ3v) is 8.36. The van der Waals surface area contributed by atoms with Crippen LogP contribution in [0, 0.1) is 0 Å². The summed E-state index contributed by atoms with van der Waals surface area (Å²) >= 11 is 1.86. The fourth-order valence-corrected chi connectivity index (χ4v) is 6.25. The number of aliphatic hydroxyl groups excluding tert-OH is 1. The van der Waals surface area contributed by atoms with E-state index < -0.39 is 18.0 Å². The van der Waals surface area contributed by atoms with Gasteiger partial charge in [-0.2, -0.15) is 0 Å². The van der Waals surface area contributed by atoms with Crippen molar-refractivity contribution in [2.75, 3.05) is 26.8 Å². The molecule has 5 N–H and O–H groups in total. The Morgan fingerprint density at radius 3 is 2.73 bits per heavy atom. The van der Waals surface area contributed by atoms with Crippen molar-refractivity contribution in [2.24, 2.45) is 5.73 Å². The summed E-state index contributed by atoms with van der Waals surface area (Å²) < 4.78 is 12.6. The minimum atomic E-state index is -0.981. The topological polar surface area (TPSA) is 138 Å². The lowest BCUT2D eigenvalue weighted by Gasteiger charge is -2.38. The van der Waals surface area contributed by atoms with Gasteiger partial charge < -0.3 is 30.4 Å². The van der Waals surface area contributed by atoms with Gasteiger partial charge in [0.25, 0.3) is 5.91 Å². The third-order valence-electron chi connectivity index (χ3n) is 7.10. The first-order valence-corrected chi connectivity index (χ1v) is 13.9. The van der Waals surface area contributed by atoms with Crippen molar-refractivity contribution in [1.82, 2.24) is 9.88 Å². The molecule has 0 saturated carbocycles. The number of ether oxygens (including phenoxy) is 2. The van der Waals surface area contributed by atoms with E-state index in [1.54, 1.807) is 13.2 Å². The SMILES string of the molecule is C=CC(=O)O.COc1ccc2cc(C3CCN(CC(O)COc4cccc5[nH]c(C(N)=O)cc45)C(C)C3)sc2c1. The zero-order chi connectivity index (χ0) is 28.8. The molecule has 5 rings (SSSR count). The number of benzene rings is 2. The molecule has 212 valence electrons. The van der Waals surface area contributed by atoms with E-state index in [0.29, 0.717) is 29.9 Å². The second-order valence-corrected chi connectivity index (χ2v) is 11.0. The van der Waals surface area contributed by atoms with Crippen LogP contribution in [0.5, 0.6) is 11.5 Å². The van der Waals surface area contributed by atoms with Gasteiger partial charge in [0, 0.05) is 39.1 Å². The van der Waals surface area contributed by atoms with Gasteiger partial charge in [-0.05, 0) is 80.1 Å². The molecule has 10 heteroatoms. The number of nitrogens with one attached hydrogen (secondary N) is 1. The monoisotopic (exact) mass is 565 g/mol. The zero-order valence-corrected chi connectivity index (χ0v) is 23.4. The van der Waals surface area contributed by atoms with E-state index in [1.165, 1.54) is 15.0 Å². The first-order chi connectivity index (χ1) is 19.2. The van der Waals surface area contributed by atoms with Crippen LogP contribution in [0.3, 0.4) is 0 Å². The number of aliphatic carboxylic acids is 1. The highest BCUT2D eigenvalue weighted by molar-refractivity contribution is 7.19. The number of rotatable bonds is 9. The molecule has 0 radical (unpaired) electrons. The number of aliphatic hydroxyl groups is 1.